The Bertz CT molecular complexity index is 663. The van der Waals surface area contributed by atoms with Crippen molar-refractivity contribution < 1.29 is 56.7 Å². The second-order valence-corrected chi connectivity index (χ2v) is 8.33. The largest absolute Gasteiger partial charge is 1.00 e. The van der Waals surface area contributed by atoms with Crippen LogP contribution in [0.15, 0.2) is 17.0 Å². The number of hydrogen-bond acceptors (Lipinski definition) is 6. The van der Waals surface area contributed by atoms with Gasteiger partial charge < -0.3 is 18.8 Å². The molecule has 1 rings (SSSR count). The zero-order chi connectivity index (χ0) is 20.8. The van der Waals surface area contributed by atoms with E-state index in [1.54, 1.807) is 13.2 Å². The average Bonchev–Trinajstić information content (AvgIpc) is 2.66. The molecule has 0 bridgehead atoms. The summed E-state index contributed by atoms with van der Waals surface area (Å²) in [5.74, 6) is 0.745. The monoisotopic (exact) mass is 438 g/mol. The summed E-state index contributed by atoms with van der Waals surface area (Å²) in [7, 11) is -1.51. The van der Waals surface area contributed by atoms with Crippen LogP contribution in [0.5, 0.6) is 11.5 Å². The van der Waals surface area contributed by atoms with Crippen molar-refractivity contribution in [1.29, 1.82) is 0 Å². The Hall–Kier alpha value is -0.310. The van der Waals surface area contributed by atoms with Crippen molar-refractivity contribution in [2.24, 2.45) is 0 Å². The van der Waals surface area contributed by atoms with Gasteiger partial charge in [-0.1, -0.05) is 51.9 Å². The maximum atomic E-state index is 11.7. The summed E-state index contributed by atoms with van der Waals surface area (Å²) in [6.07, 6.45) is 10.5. The van der Waals surface area contributed by atoms with Crippen LogP contribution < -0.4 is 39.0 Å². The number of unbranched alkanes of at least 4 members (excludes halogenated alkanes) is 7. The molecular weight excluding hydrogens is 403 g/mol. The van der Waals surface area contributed by atoms with Gasteiger partial charge in [-0.2, -0.15) is 0 Å². The fourth-order valence-electron chi connectivity index (χ4n) is 3.11. The molecule has 8 heteroatoms. The van der Waals surface area contributed by atoms with Crippen molar-refractivity contribution in [2.45, 2.75) is 76.0 Å². The molecule has 0 aliphatic carbocycles. The van der Waals surface area contributed by atoms with E-state index in [-0.39, 0.29) is 34.5 Å². The van der Waals surface area contributed by atoms with Gasteiger partial charge in [-0.3, -0.25) is 0 Å². The quantitative estimate of drug-likeness (QED) is 0.222. The molecule has 162 valence electrons. The molecule has 0 fully saturated rings. The van der Waals surface area contributed by atoms with E-state index >= 15 is 0 Å². The molecule has 29 heavy (non-hydrogen) atoms. The van der Waals surface area contributed by atoms with E-state index in [1.807, 2.05) is 0 Å². The van der Waals surface area contributed by atoms with E-state index < -0.39 is 10.1 Å². The van der Waals surface area contributed by atoms with Crippen molar-refractivity contribution >= 4 is 10.1 Å². The molecule has 0 N–H and O–H groups in total. The third kappa shape index (κ3) is 11.6. The Morgan fingerprint density at radius 1 is 0.862 bits per heavy atom. The Balaban J connectivity index is 0.00000784. The van der Waals surface area contributed by atoms with Gasteiger partial charge in [0.25, 0.3) is 0 Å². The minimum atomic E-state index is -4.59. The van der Waals surface area contributed by atoms with Crippen LogP contribution >= 0.6 is 0 Å². The average molecular weight is 439 g/mol. The topological polar surface area (TPSA) is 84.9 Å². The smallest absolute Gasteiger partial charge is 0.744 e. The molecule has 0 heterocycles. The van der Waals surface area contributed by atoms with Gasteiger partial charge >= 0.3 is 29.6 Å². The normalized spacial score (nSPS) is 11.2. The fraction of sp³-hybridized carbons (Fsp3) is 0.714. The SMILES string of the molecule is CCCCCCCCCCOc1cc(S(=O)(=O)[O-])c(CCCOC)cc1OC.[Na+]. The second kappa shape index (κ2) is 16.4. The van der Waals surface area contributed by atoms with E-state index in [4.69, 9.17) is 14.2 Å². The number of hydrogen-bond donors (Lipinski definition) is 0. The third-order valence-corrected chi connectivity index (χ3v) is 5.58. The van der Waals surface area contributed by atoms with E-state index in [1.165, 1.54) is 51.7 Å². The number of aryl methyl sites for hydroxylation is 1. The number of rotatable bonds is 16. The Kier molecular flexibility index (Phi) is 16.2. The van der Waals surface area contributed by atoms with Gasteiger partial charge in [0.05, 0.1) is 18.6 Å². The summed E-state index contributed by atoms with van der Waals surface area (Å²) in [5, 5.41) is 0. The molecule has 0 aliphatic heterocycles. The Labute approximate surface area is 198 Å². The van der Waals surface area contributed by atoms with Crippen LogP contribution in [0.25, 0.3) is 0 Å². The minimum Gasteiger partial charge on any atom is -0.744 e. The third-order valence-electron chi connectivity index (χ3n) is 4.67. The zero-order valence-electron chi connectivity index (χ0n) is 18.5. The summed E-state index contributed by atoms with van der Waals surface area (Å²) in [5.41, 5.74) is 0.434. The first-order valence-electron chi connectivity index (χ1n) is 10.2. The van der Waals surface area contributed by atoms with Crippen LogP contribution in [0, 0.1) is 0 Å². The molecule has 6 nitrogen and oxygen atoms in total. The molecule has 0 amide bonds. The van der Waals surface area contributed by atoms with Crippen molar-refractivity contribution in [2.75, 3.05) is 27.4 Å². The van der Waals surface area contributed by atoms with Gasteiger partial charge in [-0.15, -0.1) is 0 Å². The molecule has 1 aromatic carbocycles. The van der Waals surface area contributed by atoms with Crippen molar-refractivity contribution in [3.05, 3.63) is 17.7 Å². The first-order valence-corrected chi connectivity index (χ1v) is 11.6. The van der Waals surface area contributed by atoms with Crippen LogP contribution in [0.2, 0.25) is 0 Å². The zero-order valence-corrected chi connectivity index (χ0v) is 21.3. The number of methoxy groups -OCH3 is 2. The maximum absolute atomic E-state index is 11.7. The van der Waals surface area contributed by atoms with Gasteiger partial charge in [0.2, 0.25) is 0 Å². The predicted molar refractivity (Wildman–Crippen MR) is 109 cm³/mol. The molecule has 0 radical (unpaired) electrons. The molecule has 0 saturated carbocycles. The van der Waals surface area contributed by atoms with Crippen molar-refractivity contribution in [3.63, 3.8) is 0 Å². The molecule has 0 aromatic heterocycles. The standard InChI is InChI=1S/C21H36O6S.Na/c1-4-5-6-7-8-9-10-11-15-27-20-17-21(28(22,23)24)18(13-12-14-25-2)16-19(20)26-3;/h16-17H,4-15H2,1-3H3,(H,22,23,24);/q;+1/p-1. The van der Waals surface area contributed by atoms with E-state index in [9.17, 15) is 13.0 Å². The minimum absolute atomic E-state index is 0. The summed E-state index contributed by atoms with van der Waals surface area (Å²) < 4.78 is 51.1. The van der Waals surface area contributed by atoms with Gasteiger partial charge in [0.1, 0.15) is 10.1 Å². The van der Waals surface area contributed by atoms with Crippen LogP contribution in [0.3, 0.4) is 0 Å². The van der Waals surface area contributed by atoms with Crippen LogP contribution in [0.1, 0.15) is 70.3 Å². The number of ether oxygens (including phenoxy) is 3. The van der Waals surface area contributed by atoms with E-state index in [0.717, 1.165) is 12.8 Å². The number of benzene rings is 1. The molecule has 0 atom stereocenters. The van der Waals surface area contributed by atoms with E-state index in [2.05, 4.69) is 6.92 Å². The van der Waals surface area contributed by atoms with Gasteiger partial charge in [-0.05, 0) is 30.9 Å². The van der Waals surface area contributed by atoms with Gasteiger partial charge in [-0.25, -0.2) is 8.42 Å². The molecule has 0 spiro atoms. The van der Waals surface area contributed by atoms with Crippen molar-refractivity contribution in [3.8, 4) is 11.5 Å². The predicted octanol–water partition coefficient (Wildman–Crippen LogP) is 1.70. The molecule has 0 aliphatic rings. The van der Waals surface area contributed by atoms with Crippen molar-refractivity contribution in [1.82, 2.24) is 0 Å². The summed E-state index contributed by atoms with van der Waals surface area (Å²) in [6, 6.07) is 2.89. The van der Waals surface area contributed by atoms with Crippen LogP contribution in [-0.2, 0) is 21.3 Å². The second-order valence-electron chi connectivity index (χ2n) is 6.98. The first-order chi connectivity index (χ1) is 13.4. The maximum Gasteiger partial charge on any atom is 1.00 e. The summed E-state index contributed by atoms with van der Waals surface area (Å²) in [6.45, 7) is 3.16. The van der Waals surface area contributed by atoms with E-state index in [0.29, 0.717) is 43.1 Å². The first kappa shape index (κ1) is 28.7. The Morgan fingerprint density at radius 2 is 1.48 bits per heavy atom. The molecule has 1 aromatic rings. The fourth-order valence-corrected chi connectivity index (χ4v) is 3.84. The molecule has 0 saturated heterocycles. The van der Waals surface area contributed by atoms with Gasteiger partial charge in [0, 0.05) is 19.8 Å². The molecular formula is C21H35NaO6S. The van der Waals surface area contributed by atoms with Gasteiger partial charge in [0.15, 0.2) is 11.5 Å². The summed E-state index contributed by atoms with van der Waals surface area (Å²) in [4.78, 5) is -0.240. The molecule has 0 unspecified atom stereocenters. The Morgan fingerprint density at radius 3 is 2.03 bits per heavy atom. The van der Waals surface area contributed by atoms with Crippen LogP contribution in [-0.4, -0.2) is 40.4 Å². The van der Waals surface area contributed by atoms with Crippen LogP contribution in [0.4, 0.5) is 0 Å². The summed E-state index contributed by atoms with van der Waals surface area (Å²) >= 11 is 0.